The average molecular weight is 678 g/mol. The van der Waals surface area contributed by atoms with Crippen molar-refractivity contribution >= 4 is 29.2 Å². The number of carbonyl (C=O) groups excluding carboxylic acids is 2. The van der Waals surface area contributed by atoms with Crippen LogP contribution in [0.25, 0.3) is 27.9 Å². The monoisotopic (exact) mass is 677 g/mol. The zero-order chi connectivity index (χ0) is 34.0. The highest BCUT2D eigenvalue weighted by Crippen LogP contribution is 2.38. The first-order valence-electron chi connectivity index (χ1n) is 15.1. The molecule has 246 valence electrons. The van der Waals surface area contributed by atoms with Crippen molar-refractivity contribution < 1.29 is 31.9 Å². The van der Waals surface area contributed by atoms with E-state index in [2.05, 4.69) is 15.6 Å². The van der Waals surface area contributed by atoms with Crippen molar-refractivity contribution in [2.45, 2.75) is 44.2 Å². The predicted molar refractivity (Wildman–Crippen MR) is 171 cm³/mol. The lowest BCUT2D eigenvalue weighted by atomic mass is 9.87. The second kappa shape index (κ2) is 13.6. The van der Waals surface area contributed by atoms with E-state index < -0.39 is 17.7 Å². The van der Waals surface area contributed by atoms with E-state index in [4.69, 9.17) is 21.3 Å². The average Bonchev–Trinajstić information content (AvgIpc) is 3.57. The van der Waals surface area contributed by atoms with Crippen LogP contribution in [-0.4, -0.2) is 39.0 Å². The first-order chi connectivity index (χ1) is 23.0. The number of alkyl halides is 3. The molecule has 2 bridgehead atoms. The first kappa shape index (κ1) is 32.8. The number of carbonyl (C=O) groups is 2. The maximum Gasteiger partial charge on any atom is 0.436 e. The van der Waals surface area contributed by atoms with Gasteiger partial charge in [0.15, 0.2) is 11.5 Å². The molecule has 2 aromatic heterocycles. The van der Waals surface area contributed by atoms with Crippen molar-refractivity contribution in [1.29, 1.82) is 0 Å². The summed E-state index contributed by atoms with van der Waals surface area (Å²) >= 11 is 6.09. The second-order valence-electron chi connectivity index (χ2n) is 11.4. The number of rotatable bonds is 5. The molecule has 3 heterocycles. The van der Waals surface area contributed by atoms with Gasteiger partial charge in [-0.05, 0) is 53.8 Å². The number of hydrogen-bond acceptors (Lipinski definition) is 6. The van der Waals surface area contributed by atoms with Gasteiger partial charge in [-0.25, -0.2) is 9.07 Å². The van der Waals surface area contributed by atoms with Crippen molar-refractivity contribution in [3.05, 3.63) is 112 Å². The van der Waals surface area contributed by atoms with Crippen molar-refractivity contribution in [3.63, 3.8) is 0 Å². The zero-order valence-corrected chi connectivity index (χ0v) is 26.3. The fourth-order valence-electron chi connectivity index (χ4n) is 5.83. The molecule has 0 fully saturated rings. The molecule has 8 nitrogen and oxygen atoms in total. The van der Waals surface area contributed by atoms with E-state index in [1.807, 2.05) is 36.4 Å². The molecule has 3 aromatic carbocycles. The first-order valence-corrected chi connectivity index (χ1v) is 15.4. The smallest absolute Gasteiger partial charge is 0.436 e. The Morgan fingerprint density at radius 1 is 1.06 bits per heavy atom. The Morgan fingerprint density at radius 2 is 1.90 bits per heavy atom. The SMILES string of the molecule is COC(=O)Cc1ccc2c(c1)NC(=O)CCCCC(c1ccc(-c3c(-n4cc(C(F)(F)F)nn4)ccc(Cl)c3F)cn1)c1cccc-2c1. The molecule has 0 saturated carbocycles. The highest BCUT2D eigenvalue weighted by atomic mass is 35.5. The Kier molecular flexibility index (Phi) is 9.27. The minimum absolute atomic E-state index is 0.0137. The van der Waals surface area contributed by atoms with Crippen molar-refractivity contribution in [2.75, 3.05) is 12.4 Å². The third kappa shape index (κ3) is 6.93. The number of nitrogens with zero attached hydrogens (tertiary/aromatic N) is 4. The van der Waals surface area contributed by atoms with Gasteiger partial charge in [-0.2, -0.15) is 13.2 Å². The quantitative estimate of drug-likeness (QED) is 0.149. The summed E-state index contributed by atoms with van der Waals surface area (Å²) in [6, 6.07) is 19.4. The fourth-order valence-corrected chi connectivity index (χ4v) is 5.98. The minimum atomic E-state index is -4.73. The Hall–Kier alpha value is -5.10. The molecule has 1 aliphatic heterocycles. The molecule has 6 rings (SSSR count). The van der Waals surface area contributed by atoms with E-state index in [-0.39, 0.29) is 46.1 Å². The molecule has 5 aromatic rings. The number of esters is 1. The topological polar surface area (TPSA) is 99.0 Å². The summed E-state index contributed by atoms with van der Waals surface area (Å²) in [5, 5.41) is 9.56. The van der Waals surface area contributed by atoms with Gasteiger partial charge in [0.1, 0.15) is 0 Å². The van der Waals surface area contributed by atoms with E-state index in [0.717, 1.165) is 21.4 Å². The van der Waals surface area contributed by atoms with Crippen molar-refractivity contribution in [1.82, 2.24) is 20.0 Å². The van der Waals surface area contributed by atoms with Crippen LogP contribution in [0.4, 0.5) is 23.2 Å². The summed E-state index contributed by atoms with van der Waals surface area (Å²) in [4.78, 5) is 29.5. The molecular formula is C35H28ClF4N5O3. The summed E-state index contributed by atoms with van der Waals surface area (Å²) in [6.07, 6.45) is -0.222. The molecule has 13 heteroatoms. The van der Waals surface area contributed by atoms with Gasteiger partial charge in [0.25, 0.3) is 0 Å². The van der Waals surface area contributed by atoms with Gasteiger partial charge in [-0.1, -0.05) is 65.7 Å². The Morgan fingerprint density at radius 3 is 2.62 bits per heavy atom. The number of benzene rings is 3. The summed E-state index contributed by atoms with van der Waals surface area (Å²) in [6.45, 7) is 0. The number of pyridine rings is 1. The van der Waals surface area contributed by atoms with Gasteiger partial charge in [-0.3, -0.25) is 14.6 Å². The number of amides is 1. The summed E-state index contributed by atoms with van der Waals surface area (Å²) < 4.78 is 60.8. The number of anilines is 1. The number of aromatic nitrogens is 4. The van der Waals surface area contributed by atoms with Crippen LogP contribution in [0.5, 0.6) is 0 Å². The molecule has 1 amide bonds. The largest absolute Gasteiger partial charge is 0.469 e. The maximum atomic E-state index is 15.5. The zero-order valence-electron chi connectivity index (χ0n) is 25.5. The molecule has 1 atom stereocenters. The van der Waals surface area contributed by atoms with Crippen LogP contribution in [0.2, 0.25) is 5.02 Å². The molecule has 1 aliphatic rings. The van der Waals surface area contributed by atoms with Crippen LogP contribution in [0.1, 0.15) is 54.1 Å². The lowest BCUT2D eigenvalue weighted by Gasteiger charge is -2.21. The number of methoxy groups -OCH3 is 1. The predicted octanol–water partition coefficient (Wildman–Crippen LogP) is 8.17. The molecule has 0 spiro atoms. The van der Waals surface area contributed by atoms with Crippen molar-refractivity contribution in [2.24, 2.45) is 0 Å². The van der Waals surface area contributed by atoms with Gasteiger partial charge in [0, 0.05) is 46.6 Å². The van der Waals surface area contributed by atoms with Crippen LogP contribution in [0.3, 0.4) is 0 Å². The van der Waals surface area contributed by atoms with Gasteiger partial charge < -0.3 is 10.1 Å². The summed E-state index contributed by atoms with van der Waals surface area (Å²) in [5.74, 6) is -1.55. The number of halogens is 5. The summed E-state index contributed by atoms with van der Waals surface area (Å²) in [7, 11) is 1.32. The molecule has 0 radical (unpaired) electrons. The second-order valence-corrected chi connectivity index (χ2v) is 11.8. The van der Waals surface area contributed by atoms with Gasteiger partial charge >= 0.3 is 12.1 Å². The molecule has 0 saturated heterocycles. The highest BCUT2D eigenvalue weighted by Gasteiger charge is 2.35. The van der Waals surface area contributed by atoms with Gasteiger partial charge in [-0.15, -0.1) is 5.10 Å². The van der Waals surface area contributed by atoms with Crippen LogP contribution in [0.15, 0.2) is 79.1 Å². The standard InChI is InChI=1S/C35H28ClF4N5O3/c1-48-32(47)16-20-9-11-25-22-6-4-5-21(17-22)24(7-2-3-8-31(46)42-28(25)15-20)27-13-10-23(18-41-27)33-29(14-12-26(36)34(33)37)45-19-30(43-44-45)35(38,39)40/h4-6,9-15,17-19,24H,2-3,7-8,16H2,1H3,(H,42,46). The third-order valence-corrected chi connectivity index (χ3v) is 8.51. The van der Waals surface area contributed by atoms with Crippen LogP contribution in [-0.2, 0) is 26.9 Å². The van der Waals surface area contributed by atoms with Crippen LogP contribution < -0.4 is 5.32 Å². The Bertz CT molecular complexity index is 2000. The van der Waals surface area contributed by atoms with Crippen molar-refractivity contribution in [3.8, 4) is 27.9 Å². The maximum absolute atomic E-state index is 15.5. The van der Waals surface area contributed by atoms with E-state index in [1.54, 1.807) is 18.2 Å². The number of nitrogens with one attached hydrogen (secondary N) is 1. The number of hydrogen-bond donors (Lipinski definition) is 1. The lowest BCUT2D eigenvalue weighted by molar-refractivity contribution is -0.141. The molecule has 0 aliphatic carbocycles. The minimum Gasteiger partial charge on any atom is -0.469 e. The van der Waals surface area contributed by atoms with Gasteiger partial charge in [0.2, 0.25) is 5.91 Å². The third-order valence-electron chi connectivity index (χ3n) is 8.22. The van der Waals surface area contributed by atoms with E-state index in [0.29, 0.717) is 48.8 Å². The summed E-state index contributed by atoms with van der Waals surface area (Å²) in [5.41, 5.74) is 3.60. The lowest BCUT2D eigenvalue weighted by Crippen LogP contribution is -2.14. The van der Waals surface area contributed by atoms with Crippen LogP contribution in [0, 0.1) is 5.82 Å². The van der Waals surface area contributed by atoms with E-state index in [1.165, 1.54) is 25.4 Å². The van der Waals surface area contributed by atoms with Crippen LogP contribution >= 0.6 is 11.6 Å². The van der Waals surface area contributed by atoms with Gasteiger partial charge in [0.05, 0.1) is 30.4 Å². The Balaban J connectivity index is 1.37. The molecular weight excluding hydrogens is 650 g/mol. The van der Waals surface area contributed by atoms with E-state index in [9.17, 15) is 22.8 Å². The fraction of sp³-hybridized carbons (Fsp3) is 0.229. The normalized spacial score (nSPS) is 15.1. The number of ether oxygens (including phenoxy) is 1. The molecule has 1 unspecified atom stereocenters. The number of fused-ring (bicyclic) bond motifs is 4. The molecule has 1 N–H and O–H groups in total. The molecule has 48 heavy (non-hydrogen) atoms. The highest BCUT2D eigenvalue weighted by molar-refractivity contribution is 6.31. The Labute approximate surface area is 277 Å². The van der Waals surface area contributed by atoms with E-state index >= 15 is 4.39 Å².